The molecule has 2 fully saturated rings. The molecule has 2 aliphatic rings. The average molecular weight is 179 g/mol. The van der Waals surface area contributed by atoms with Crippen LogP contribution in [0.25, 0.3) is 0 Å². The Kier molecular flexibility index (Phi) is 3.05. The van der Waals surface area contributed by atoms with Crippen molar-refractivity contribution in [2.24, 2.45) is 5.92 Å². The Morgan fingerprint density at radius 1 is 1.23 bits per heavy atom. The molecule has 0 aromatic carbocycles. The first-order valence-corrected chi connectivity index (χ1v) is 5.77. The van der Waals surface area contributed by atoms with Crippen LogP contribution in [0.15, 0.2) is 12.7 Å². The minimum Gasteiger partial charge on any atom is -0.300 e. The van der Waals surface area contributed by atoms with Gasteiger partial charge in [0, 0.05) is 12.6 Å². The molecule has 1 aliphatic heterocycles. The maximum Gasteiger partial charge on any atom is 0.0124 e. The molecule has 0 radical (unpaired) electrons. The lowest BCUT2D eigenvalue weighted by Gasteiger charge is -2.31. The Bertz CT molecular complexity index is 176. The number of likely N-dealkylation sites (tertiary alicyclic amines) is 1. The topological polar surface area (TPSA) is 3.24 Å². The SMILES string of the molecule is C=CCCN1CC[C@H]2CCCC[C@H]21. The molecule has 1 saturated heterocycles. The standard InChI is InChI=1S/C12H21N/c1-2-3-9-13-10-8-11-6-4-5-7-12(11)13/h2,11-12H,1,3-10H2/t11-,12-/m1/s1. The summed E-state index contributed by atoms with van der Waals surface area (Å²) in [5.74, 6) is 1.04. The summed E-state index contributed by atoms with van der Waals surface area (Å²) in [4.78, 5) is 2.70. The highest BCUT2D eigenvalue weighted by Crippen LogP contribution is 2.35. The van der Waals surface area contributed by atoms with Crippen LogP contribution in [0.5, 0.6) is 0 Å². The Balaban J connectivity index is 1.87. The molecule has 0 N–H and O–H groups in total. The van der Waals surface area contributed by atoms with Crippen molar-refractivity contribution in [3.8, 4) is 0 Å². The van der Waals surface area contributed by atoms with Crippen LogP contribution in [0.3, 0.4) is 0 Å². The van der Waals surface area contributed by atoms with E-state index in [0.717, 1.165) is 12.0 Å². The van der Waals surface area contributed by atoms with Crippen molar-refractivity contribution in [2.45, 2.75) is 44.6 Å². The van der Waals surface area contributed by atoms with Gasteiger partial charge in [0.25, 0.3) is 0 Å². The summed E-state index contributed by atoms with van der Waals surface area (Å²) in [5, 5.41) is 0. The second kappa shape index (κ2) is 4.28. The molecule has 2 atom stereocenters. The lowest BCUT2D eigenvalue weighted by Crippen LogP contribution is -2.35. The van der Waals surface area contributed by atoms with E-state index in [9.17, 15) is 0 Å². The van der Waals surface area contributed by atoms with Crippen LogP contribution in [-0.2, 0) is 0 Å². The zero-order chi connectivity index (χ0) is 9.10. The highest BCUT2D eigenvalue weighted by molar-refractivity contribution is 4.90. The number of hydrogen-bond acceptors (Lipinski definition) is 1. The fraction of sp³-hybridized carbons (Fsp3) is 0.833. The lowest BCUT2D eigenvalue weighted by molar-refractivity contribution is 0.185. The largest absolute Gasteiger partial charge is 0.300 e. The summed E-state index contributed by atoms with van der Waals surface area (Å²) in [6.07, 6.45) is 10.6. The predicted molar refractivity (Wildman–Crippen MR) is 56.8 cm³/mol. The highest BCUT2D eigenvalue weighted by Gasteiger charge is 2.34. The van der Waals surface area contributed by atoms with Crippen molar-refractivity contribution in [1.82, 2.24) is 4.90 Å². The summed E-state index contributed by atoms with van der Waals surface area (Å²) in [6.45, 7) is 6.40. The van der Waals surface area contributed by atoms with Gasteiger partial charge in [0.1, 0.15) is 0 Å². The summed E-state index contributed by atoms with van der Waals surface area (Å²) in [7, 11) is 0. The minimum atomic E-state index is 0.939. The van der Waals surface area contributed by atoms with E-state index in [0.29, 0.717) is 0 Å². The van der Waals surface area contributed by atoms with E-state index in [1.165, 1.54) is 51.6 Å². The molecule has 0 aromatic rings. The van der Waals surface area contributed by atoms with Gasteiger partial charge in [-0.3, -0.25) is 4.90 Å². The van der Waals surface area contributed by atoms with E-state index in [1.807, 2.05) is 0 Å². The molecule has 13 heavy (non-hydrogen) atoms. The lowest BCUT2D eigenvalue weighted by atomic mass is 9.85. The molecule has 2 rings (SSSR count). The molecule has 0 bridgehead atoms. The first-order valence-electron chi connectivity index (χ1n) is 5.77. The van der Waals surface area contributed by atoms with Gasteiger partial charge in [0.05, 0.1) is 0 Å². The number of rotatable bonds is 3. The average Bonchev–Trinajstić information content (AvgIpc) is 2.58. The third-order valence-corrected chi connectivity index (χ3v) is 3.75. The van der Waals surface area contributed by atoms with Crippen molar-refractivity contribution in [1.29, 1.82) is 0 Å². The van der Waals surface area contributed by atoms with Gasteiger partial charge in [0.2, 0.25) is 0 Å². The van der Waals surface area contributed by atoms with Crippen molar-refractivity contribution in [3.05, 3.63) is 12.7 Å². The number of nitrogens with zero attached hydrogens (tertiary/aromatic N) is 1. The summed E-state index contributed by atoms with van der Waals surface area (Å²) in [5.41, 5.74) is 0. The van der Waals surface area contributed by atoms with E-state index >= 15 is 0 Å². The van der Waals surface area contributed by atoms with Crippen molar-refractivity contribution in [3.63, 3.8) is 0 Å². The van der Waals surface area contributed by atoms with E-state index in [4.69, 9.17) is 0 Å². The number of fused-ring (bicyclic) bond motifs is 1. The summed E-state index contributed by atoms with van der Waals surface area (Å²) >= 11 is 0. The van der Waals surface area contributed by atoms with Gasteiger partial charge in [-0.05, 0) is 38.1 Å². The Morgan fingerprint density at radius 2 is 2.08 bits per heavy atom. The molecule has 0 aromatic heterocycles. The molecule has 0 amide bonds. The van der Waals surface area contributed by atoms with E-state index < -0.39 is 0 Å². The Morgan fingerprint density at radius 3 is 2.92 bits per heavy atom. The molecule has 1 heterocycles. The first kappa shape index (κ1) is 9.26. The molecule has 1 nitrogen and oxygen atoms in total. The summed E-state index contributed by atoms with van der Waals surface area (Å²) in [6, 6.07) is 0.939. The quantitative estimate of drug-likeness (QED) is 0.602. The Labute approximate surface area is 81.8 Å². The molecule has 74 valence electrons. The fourth-order valence-electron chi connectivity index (χ4n) is 3.04. The maximum absolute atomic E-state index is 3.80. The van der Waals surface area contributed by atoms with Gasteiger partial charge in [-0.2, -0.15) is 0 Å². The van der Waals surface area contributed by atoms with Gasteiger partial charge >= 0.3 is 0 Å². The molecule has 1 heteroatoms. The van der Waals surface area contributed by atoms with Crippen LogP contribution < -0.4 is 0 Å². The molecule has 0 spiro atoms. The third-order valence-electron chi connectivity index (χ3n) is 3.75. The minimum absolute atomic E-state index is 0.939. The molecule has 1 aliphatic carbocycles. The van der Waals surface area contributed by atoms with Crippen LogP contribution >= 0.6 is 0 Å². The van der Waals surface area contributed by atoms with Crippen LogP contribution in [0.4, 0.5) is 0 Å². The smallest absolute Gasteiger partial charge is 0.0124 e. The fourth-order valence-corrected chi connectivity index (χ4v) is 3.04. The van der Waals surface area contributed by atoms with Crippen molar-refractivity contribution in [2.75, 3.05) is 13.1 Å². The zero-order valence-corrected chi connectivity index (χ0v) is 8.54. The van der Waals surface area contributed by atoms with E-state index in [2.05, 4.69) is 17.6 Å². The van der Waals surface area contributed by atoms with Gasteiger partial charge in [-0.1, -0.05) is 18.9 Å². The van der Waals surface area contributed by atoms with Crippen LogP contribution in [0, 0.1) is 5.92 Å². The van der Waals surface area contributed by atoms with Crippen molar-refractivity contribution < 1.29 is 0 Å². The normalized spacial score (nSPS) is 34.5. The molecule has 0 unspecified atom stereocenters. The van der Waals surface area contributed by atoms with E-state index in [-0.39, 0.29) is 0 Å². The van der Waals surface area contributed by atoms with Crippen LogP contribution in [-0.4, -0.2) is 24.0 Å². The Hall–Kier alpha value is -0.300. The monoisotopic (exact) mass is 179 g/mol. The van der Waals surface area contributed by atoms with Gasteiger partial charge < -0.3 is 0 Å². The third kappa shape index (κ3) is 1.96. The summed E-state index contributed by atoms with van der Waals surface area (Å²) < 4.78 is 0. The zero-order valence-electron chi connectivity index (χ0n) is 8.54. The molecule has 1 saturated carbocycles. The highest BCUT2D eigenvalue weighted by atomic mass is 15.2. The second-order valence-electron chi connectivity index (χ2n) is 4.51. The van der Waals surface area contributed by atoms with Gasteiger partial charge in [-0.15, -0.1) is 6.58 Å². The van der Waals surface area contributed by atoms with Gasteiger partial charge in [0.15, 0.2) is 0 Å². The maximum atomic E-state index is 3.80. The van der Waals surface area contributed by atoms with E-state index in [1.54, 1.807) is 0 Å². The second-order valence-corrected chi connectivity index (χ2v) is 4.51. The predicted octanol–water partition coefficient (Wildman–Crippen LogP) is 2.83. The first-order chi connectivity index (χ1) is 6.42. The van der Waals surface area contributed by atoms with Crippen molar-refractivity contribution >= 4 is 0 Å². The number of hydrogen-bond donors (Lipinski definition) is 0. The molecular formula is C12H21N. The van der Waals surface area contributed by atoms with Gasteiger partial charge in [-0.25, -0.2) is 0 Å². The van der Waals surface area contributed by atoms with Crippen LogP contribution in [0.2, 0.25) is 0 Å². The molecular weight excluding hydrogens is 158 g/mol. The van der Waals surface area contributed by atoms with Crippen LogP contribution in [0.1, 0.15) is 38.5 Å².